The number of halogens is 2. The van der Waals surface area contributed by atoms with E-state index in [2.05, 4.69) is 11.7 Å². The molecule has 42 heavy (non-hydrogen) atoms. The Morgan fingerprint density at radius 1 is 1.21 bits per heavy atom. The fraction of sp³-hybridized carbons (Fsp3) is 0.276. The molecule has 0 saturated carbocycles. The Hall–Kier alpha value is -3.64. The molecule has 0 saturated heterocycles. The fourth-order valence-electron chi connectivity index (χ4n) is 4.41. The largest absolute Gasteiger partial charge is 0.496 e. The molecule has 10 nitrogen and oxygen atoms in total. The molecule has 2 aromatic carbocycles. The molecular weight excluding hydrogens is 601 g/mol. The Balaban J connectivity index is 2.03. The first-order chi connectivity index (χ1) is 19.6. The van der Waals surface area contributed by atoms with Gasteiger partial charge < -0.3 is 14.4 Å². The predicted octanol–water partition coefficient (Wildman–Crippen LogP) is 5.85. The highest BCUT2D eigenvalue weighted by Gasteiger charge is 2.34. The van der Waals surface area contributed by atoms with Crippen LogP contribution < -0.4 is 14.6 Å². The molecule has 3 aromatic rings. The van der Waals surface area contributed by atoms with Crippen molar-refractivity contribution < 1.29 is 22.7 Å². The number of rotatable bonds is 7. The second-order valence-corrected chi connectivity index (χ2v) is 13.1. The molecule has 0 atom stereocenters. The van der Waals surface area contributed by atoms with Crippen LogP contribution in [0.2, 0.25) is 10.0 Å². The first-order valence-corrected chi connectivity index (χ1v) is 15.0. The predicted molar refractivity (Wildman–Crippen MR) is 166 cm³/mol. The van der Waals surface area contributed by atoms with E-state index in [0.717, 1.165) is 6.20 Å². The third-order valence-electron chi connectivity index (χ3n) is 6.85. The second kappa shape index (κ2) is 11.6. The zero-order valence-electron chi connectivity index (χ0n) is 24.0. The minimum absolute atomic E-state index is 0.0658. The van der Waals surface area contributed by atoms with Gasteiger partial charge in [0.2, 0.25) is 10.0 Å². The van der Waals surface area contributed by atoms with Crippen molar-refractivity contribution in [2.24, 2.45) is 10.1 Å². The highest BCUT2D eigenvalue weighted by molar-refractivity contribution is 7.93. The van der Waals surface area contributed by atoms with E-state index >= 15 is 0 Å². The number of primary sulfonamides is 1. The number of aliphatic imine (C=N–C) groups is 1. The number of hydrogen-bond acceptors (Lipinski definition) is 7. The van der Waals surface area contributed by atoms with E-state index in [1.165, 1.54) is 13.2 Å². The first-order valence-electron chi connectivity index (χ1n) is 12.7. The number of sulfonamides is 1. The standard InChI is InChI=1S/C29H31Cl2N5O5S/c1-16(8-20(14-33-5)42(32,38)39)21-12-22-25(13-24(21)40-7)41-15-23-26(28(37)35(6)29(2,3)4)34-36(27(22)23)19-10-17(30)9-18(31)11-19/h8-14H,5,15H2,1-4,6-7H3,(H2,32,38,39)/b16-8+,20-14+. The average molecular weight is 633 g/mol. The maximum atomic E-state index is 13.7. The molecule has 2 N–H and O–H groups in total. The van der Waals surface area contributed by atoms with Crippen LogP contribution in [0.5, 0.6) is 11.5 Å². The van der Waals surface area contributed by atoms with Crippen LogP contribution in [-0.2, 0) is 16.6 Å². The second-order valence-electron chi connectivity index (χ2n) is 10.7. The molecule has 1 aromatic heterocycles. The van der Waals surface area contributed by atoms with E-state index in [9.17, 15) is 13.2 Å². The Labute approximate surface area is 255 Å². The lowest BCUT2D eigenvalue weighted by atomic mass is 9.95. The highest BCUT2D eigenvalue weighted by atomic mass is 35.5. The maximum absolute atomic E-state index is 13.7. The molecule has 13 heteroatoms. The van der Waals surface area contributed by atoms with E-state index < -0.39 is 15.6 Å². The van der Waals surface area contributed by atoms with Crippen LogP contribution in [0, 0.1) is 0 Å². The van der Waals surface area contributed by atoms with Gasteiger partial charge in [-0.05, 0) is 70.3 Å². The SMILES string of the molecule is C=N/C=C(\C=C(/C)c1cc2c(cc1OC)OCc1c(C(=O)N(C)C(C)(C)C)nn(-c3cc(Cl)cc(Cl)c3)c1-2)S(N)(=O)=O. The summed E-state index contributed by atoms with van der Waals surface area (Å²) in [5.41, 5.74) is 3.07. The summed E-state index contributed by atoms with van der Waals surface area (Å²) >= 11 is 12.7. The molecule has 0 radical (unpaired) electrons. The first kappa shape index (κ1) is 31.3. The summed E-state index contributed by atoms with van der Waals surface area (Å²) in [4.78, 5) is 18.7. The molecule has 1 aliphatic heterocycles. The third kappa shape index (κ3) is 6.10. The lowest BCUT2D eigenvalue weighted by Gasteiger charge is -2.31. The van der Waals surface area contributed by atoms with Crippen LogP contribution in [0.4, 0.5) is 0 Å². The van der Waals surface area contributed by atoms with Crippen molar-refractivity contribution in [3.05, 3.63) is 74.4 Å². The quantitative estimate of drug-likeness (QED) is 0.257. The lowest BCUT2D eigenvalue weighted by Crippen LogP contribution is -2.43. The minimum Gasteiger partial charge on any atom is -0.496 e. The number of carbonyl (C=O) groups is 1. The van der Waals surface area contributed by atoms with Crippen LogP contribution in [0.3, 0.4) is 0 Å². The number of allylic oxidation sites excluding steroid dienone is 2. The molecule has 1 aliphatic rings. The van der Waals surface area contributed by atoms with E-state index in [1.807, 2.05) is 20.8 Å². The highest BCUT2D eigenvalue weighted by Crippen LogP contribution is 2.45. The number of nitrogens with zero attached hydrogens (tertiary/aromatic N) is 4. The Bertz CT molecular complexity index is 1750. The Kier molecular flexibility index (Phi) is 8.62. The monoisotopic (exact) mass is 631 g/mol. The molecule has 222 valence electrons. The molecule has 0 bridgehead atoms. The molecule has 4 rings (SSSR count). The van der Waals surface area contributed by atoms with Crippen molar-refractivity contribution in [3.8, 4) is 28.4 Å². The summed E-state index contributed by atoms with van der Waals surface area (Å²) in [5.74, 6) is 0.609. The van der Waals surface area contributed by atoms with Crippen molar-refractivity contribution in [2.75, 3.05) is 14.2 Å². The summed E-state index contributed by atoms with van der Waals surface area (Å²) in [5, 5.41) is 10.9. The van der Waals surface area contributed by atoms with E-state index in [4.69, 9.17) is 42.9 Å². The van der Waals surface area contributed by atoms with Crippen LogP contribution in [-0.4, -0.2) is 55.4 Å². The fourth-order valence-corrected chi connectivity index (χ4v) is 5.49. The normalized spacial score (nSPS) is 13.6. The zero-order chi connectivity index (χ0) is 31.1. The van der Waals surface area contributed by atoms with Gasteiger partial charge in [0.1, 0.15) is 23.0 Å². The molecule has 0 fully saturated rings. The van der Waals surface area contributed by atoms with E-state index in [0.29, 0.717) is 55.2 Å². The van der Waals surface area contributed by atoms with Gasteiger partial charge in [0, 0.05) is 51.6 Å². The number of fused-ring (bicyclic) bond motifs is 3. The maximum Gasteiger partial charge on any atom is 0.274 e. The number of ether oxygens (including phenoxy) is 2. The smallest absolute Gasteiger partial charge is 0.274 e. The molecule has 0 unspecified atom stereocenters. The minimum atomic E-state index is -4.09. The van der Waals surface area contributed by atoms with E-state index in [1.54, 1.807) is 53.9 Å². The van der Waals surface area contributed by atoms with E-state index in [-0.39, 0.29) is 23.1 Å². The van der Waals surface area contributed by atoms with Gasteiger partial charge in [-0.15, -0.1) is 0 Å². The van der Waals surface area contributed by atoms with Gasteiger partial charge in [-0.1, -0.05) is 23.2 Å². The van der Waals surface area contributed by atoms with Gasteiger partial charge in [-0.2, -0.15) is 5.10 Å². The molecular formula is C29H31Cl2N5O5S. The summed E-state index contributed by atoms with van der Waals surface area (Å²) < 4.78 is 37.7. The number of hydrogen-bond donors (Lipinski definition) is 1. The number of methoxy groups -OCH3 is 1. The molecule has 1 amide bonds. The van der Waals surface area contributed by atoms with Crippen LogP contribution in [0.15, 0.2) is 52.5 Å². The molecule has 2 heterocycles. The summed E-state index contributed by atoms with van der Waals surface area (Å²) in [6, 6.07) is 8.47. The summed E-state index contributed by atoms with van der Waals surface area (Å²) in [7, 11) is -0.881. The third-order valence-corrected chi connectivity index (χ3v) is 8.17. The van der Waals surface area contributed by atoms with Crippen molar-refractivity contribution in [1.82, 2.24) is 14.7 Å². The van der Waals surface area contributed by atoms with Crippen molar-refractivity contribution >= 4 is 51.4 Å². The van der Waals surface area contributed by atoms with Crippen molar-refractivity contribution in [1.29, 1.82) is 0 Å². The van der Waals surface area contributed by atoms with Gasteiger partial charge in [-0.25, -0.2) is 18.2 Å². The number of carbonyl (C=O) groups excluding carboxylic acids is 1. The summed E-state index contributed by atoms with van der Waals surface area (Å²) in [6.45, 7) is 10.9. The molecule has 0 aliphatic carbocycles. The van der Waals surface area contributed by atoms with Crippen LogP contribution >= 0.6 is 23.2 Å². The van der Waals surface area contributed by atoms with Gasteiger partial charge in [0.15, 0.2) is 5.69 Å². The van der Waals surface area contributed by atoms with Gasteiger partial charge >= 0.3 is 0 Å². The lowest BCUT2D eigenvalue weighted by molar-refractivity contribution is 0.0646. The topological polar surface area (TPSA) is 129 Å². The van der Waals surface area contributed by atoms with Crippen molar-refractivity contribution in [2.45, 2.75) is 39.8 Å². The number of amides is 1. The average Bonchev–Trinajstić information content (AvgIpc) is 3.29. The number of aromatic nitrogens is 2. The van der Waals surface area contributed by atoms with Gasteiger partial charge in [0.25, 0.3) is 5.91 Å². The molecule has 0 spiro atoms. The Morgan fingerprint density at radius 2 is 1.86 bits per heavy atom. The number of benzene rings is 2. The zero-order valence-corrected chi connectivity index (χ0v) is 26.4. The van der Waals surface area contributed by atoms with Crippen LogP contribution in [0.1, 0.15) is 49.3 Å². The van der Waals surface area contributed by atoms with Gasteiger partial charge in [-0.3, -0.25) is 9.79 Å². The van der Waals surface area contributed by atoms with Crippen molar-refractivity contribution in [3.63, 3.8) is 0 Å². The Morgan fingerprint density at radius 3 is 2.40 bits per heavy atom. The number of nitrogens with two attached hydrogens (primary N) is 1. The van der Waals surface area contributed by atoms with Crippen LogP contribution in [0.25, 0.3) is 22.5 Å². The summed E-state index contributed by atoms with van der Waals surface area (Å²) in [6.07, 6.45) is 2.44. The van der Waals surface area contributed by atoms with Gasteiger partial charge in [0.05, 0.1) is 18.5 Å².